The van der Waals surface area contributed by atoms with Crippen LogP contribution in [0.25, 0.3) is 0 Å². The molecule has 36 heavy (non-hydrogen) atoms. The van der Waals surface area contributed by atoms with Crippen LogP contribution in [0.3, 0.4) is 0 Å². The van der Waals surface area contributed by atoms with Gasteiger partial charge in [-0.15, -0.1) is 0 Å². The molecular weight excluding hydrogens is 446 g/mol. The Balaban J connectivity index is 1.47. The van der Waals surface area contributed by atoms with Crippen molar-refractivity contribution < 1.29 is 14.9 Å². The molecule has 196 valence electrons. The number of hydrogen-bond donors (Lipinski definition) is 3. The molecule has 7 rings (SSSR count). The summed E-state index contributed by atoms with van der Waals surface area (Å²) in [6.45, 7) is 2.49. The fraction of sp³-hybridized carbons (Fsp3) is 0.750. The van der Waals surface area contributed by atoms with Crippen molar-refractivity contribution >= 4 is 0 Å². The molecule has 1 aromatic carbocycles. The number of ether oxygens (including phenoxy) is 1. The van der Waals surface area contributed by atoms with Crippen LogP contribution in [-0.2, 0) is 17.6 Å². The molecule has 0 amide bonds. The zero-order chi connectivity index (χ0) is 25.0. The quantitative estimate of drug-likeness (QED) is 0.487. The Morgan fingerprint density at radius 2 is 1.83 bits per heavy atom. The highest BCUT2D eigenvalue weighted by molar-refractivity contribution is 5.39. The molecule has 0 unspecified atom stereocenters. The maximum Gasteiger partial charge on any atom is 0.115 e. The highest BCUT2D eigenvalue weighted by atomic mass is 16.5. The Labute approximate surface area is 217 Å². The molecule has 0 aromatic heterocycles. The third-order valence-corrected chi connectivity index (χ3v) is 11.3. The first-order chi connectivity index (χ1) is 17.4. The molecule has 2 heterocycles. The van der Waals surface area contributed by atoms with Crippen molar-refractivity contribution in [2.24, 2.45) is 35.3 Å². The first kappa shape index (κ1) is 24.8. The Bertz CT molecular complexity index is 1040. The van der Waals surface area contributed by atoms with Crippen molar-refractivity contribution in [3.05, 3.63) is 29.3 Å². The van der Waals surface area contributed by atoms with Gasteiger partial charge in [-0.05, 0) is 99.3 Å². The van der Waals surface area contributed by atoms with Crippen molar-refractivity contribution in [2.45, 2.75) is 114 Å². The van der Waals surface area contributed by atoms with Gasteiger partial charge in [0.1, 0.15) is 5.75 Å². The molecule has 6 aliphatic rings. The first-order valence-corrected chi connectivity index (χ1v) is 14.8. The van der Waals surface area contributed by atoms with E-state index in [1.54, 1.807) is 0 Å². The summed E-state index contributed by atoms with van der Waals surface area (Å²) in [4.78, 5) is 0. The van der Waals surface area contributed by atoms with Crippen LogP contribution in [-0.4, -0.2) is 33.6 Å². The van der Waals surface area contributed by atoms with E-state index in [1.165, 1.54) is 63.4 Å². The van der Waals surface area contributed by atoms with Crippen molar-refractivity contribution in [3.63, 3.8) is 0 Å². The minimum atomic E-state index is -0.535. The van der Waals surface area contributed by atoms with E-state index in [0.29, 0.717) is 36.3 Å². The molecule has 1 spiro atoms. The van der Waals surface area contributed by atoms with E-state index < -0.39 is 5.54 Å². The lowest BCUT2D eigenvalue weighted by molar-refractivity contribution is -0.329. The molecule has 4 bridgehead atoms. The zero-order valence-corrected chi connectivity index (χ0v) is 22.1. The second kappa shape index (κ2) is 9.33. The molecule has 5 fully saturated rings. The number of aliphatic hydroxyl groups is 1. The van der Waals surface area contributed by atoms with E-state index >= 15 is 0 Å². The monoisotopic (exact) mass is 491 g/mol. The smallest absolute Gasteiger partial charge is 0.115 e. The summed E-state index contributed by atoms with van der Waals surface area (Å²) in [5.41, 5.74) is 8.94. The average Bonchev–Trinajstić information content (AvgIpc) is 2.89. The highest BCUT2D eigenvalue weighted by Gasteiger charge is 2.70. The predicted octanol–water partition coefficient (Wildman–Crippen LogP) is 5.51. The SMILES string of the molecule is C[C@@]1(C2CCCCC2)O[C@@]23CC[C@H]1[C@](N)(CCO)[C@H]2C#CCc1cc(O)ccc1C[C@H]1CCC[C@H]3C1. The van der Waals surface area contributed by atoms with Gasteiger partial charge in [-0.25, -0.2) is 0 Å². The van der Waals surface area contributed by atoms with Gasteiger partial charge >= 0.3 is 0 Å². The molecule has 4 heteroatoms. The van der Waals surface area contributed by atoms with Crippen molar-refractivity contribution in [1.82, 2.24) is 0 Å². The van der Waals surface area contributed by atoms with E-state index in [1.807, 2.05) is 12.1 Å². The first-order valence-electron chi connectivity index (χ1n) is 14.8. The summed E-state index contributed by atoms with van der Waals surface area (Å²) >= 11 is 0. The molecule has 4 N–H and O–H groups in total. The summed E-state index contributed by atoms with van der Waals surface area (Å²) in [6.07, 6.45) is 15.7. The topological polar surface area (TPSA) is 75.7 Å². The predicted molar refractivity (Wildman–Crippen MR) is 142 cm³/mol. The van der Waals surface area contributed by atoms with E-state index in [-0.39, 0.29) is 29.6 Å². The van der Waals surface area contributed by atoms with E-state index in [4.69, 9.17) is 10.5 Å². The Morgan fingerprint density at radius 1 is 1.03 bits per heavy atom. The lowest BCUT2D eigenvalue weighted by Gasteiger charge is -2.70. The number of aliphatic hydroxyl groups excluding tert-OH is 1. The number of hydrogen-bond acceptors (Lipinski definition) is 4. The number of phenols is 1. The van der Waals surface area contributed by atoms with Crippen molar-refractivity contribution in [2.75, 3.05) is 6.61 Å². The zero-order valence-electron chi connectivity index (χ0n) is 22.1. The lowest BCUT2D eigenvalue weighted by Crippen LogP contribution is -2.79. The number of aromatic hydroxyl groups is 1. The minimum absolute atomic E-state index is 0.0600. The maximum atomic E-state index is 10.3. The van der Waals surface area contributed by atoms with Gasteiger partial charge in [-0.2, -0.15) is 0 Å². The van der Waals surface area contributed by atoms with Crippen molar-refractivity contribution in [1.29, 1.82) is 0 Å². The van der Waals surface area contributed by atoms with Crippen LogP contribution in [0, 0.1) is 41.4 Å². The van der Waals surface area contributed by atoms with Crippen LogP contribution in [0.1, 0.15) is 95.1 Å². The molecule has 1 aromatic rings. The number of fused-ring (bicyclic) bond motifs is 5. The molecule has 4 nitrogen and oxygen atoms in total. The van der Waals surface area contributed by atoms with Gasteiger partial charge in [-0.1, -0.05) is 50.0 Å². The van der Waals surface area contributed by atoms with Gasteiger partial charge in [0.15, 0.2) is 0 Å². The van der Waals surface area contributed by atoms with Crippen LogP contribution in [0.4, 0.5) is 0 Å². The fourth-order valence-corrected chi connectivity index (χ4v) is 9.64. The summed E-state index contributed by atoms with van der Waals surface area (Å²) in [5, 5.41) is 20.5. The Morgan fingerprint density at radius 3 is 2.64 bits per heavy atom. The maximum absolute atomic E-state index is 10.3. The summed E-state index contributed by atoms with van der Waals surface area (Å²) in [5.74, 6) is 9.38. The summed E-state index contributed by atoms with van der Waals surface area (Å²) in [6, 6.07) is 5.85. The molecule has 7 atom stereocenters. The Kier molecular flexibility index (Phi) is 6.42. The normalized spacial score (nSPS) is 42.4. The van der Waals surface area contributed by atoms with E-state index in [0.717, 1.165) is 24.8 Å². The number of phenolic OH excluding ortho intramolecular Hbond substituents is 1. The second-order valence-electron chi connectivity index (χ2n) is 13.1. The van der Waals surface area contributed by atoms with Crippen LogP contribution in [0.2, 0.25) is 0 Å². The number of nitrogens with two attached hydrogens (primary N) is 1. The highest BCUT2D eigenvalue weighted by Crippen LogP contribution is 2.64. The third kappa shape index (κ3) is 3.84. The van der Waals surface area contributed by atoms with Gasteiger partial charge in [0, 0.05) is 24.5 Å². The standard InChI is InChI=1S/C32H45NO3/c1-30(25-9-3-2-4-10-25)28-15-16-32(36-30)26-11-5-7-22(20-26)19-24-13-14-27(35)21-23(24)8-6-12-29(32)31(28,33)17-18-34/h13-14,21-22,25-26,28-29,34-35H,2-5,7-11,15-20,33H2,1H3/t22-,26+,28-,29-,30+,31-,32-/m1/s1. The van der Waals surface area contributed by atoms with Crippen LogP contribution in [0.15, 0.2) is 18.2 Å². The van der Waals surface area contributed by atoms with Crippen LogP contribution in [0.5, 0.6) is 5.75 Å². The van der Waals surface area contributed by atoms with Crippen LogP contribution >= 0.6 is 0 Å². The molecule has 4 aliphatic carbocycles. The third-order valence-electron chi connectivity index (χ3n) is 11.3. The van der Waals surface area contributed by atoms with Crippen molar-refractivity contribution in [3.8, 4) is 17.6 Å². The van der Waals surface area contributed by atoms with Gasteiger partial charge in [-0.3, -0.25) is 0 Å². The van der Waals surface area contributed by atoms with E-state index in [2.05, 4.69) is 24.8 Å². The van der Waals surface area contributed by atoms with Gasteiger partial charge in [0.2, 0.25) is 0 Å². The summed E-state index contributed by atoms with van der Waals surface area (Å²) in [7, 11) is 0. The fourth-order valence-electron chi connectivity index (χ4n) is 9.64. The van der Waals surface area contributed by atoms with E-state index in [9.17, 15) is 10.2 Å². The molecule has 3 saturated carbocycles. The van der Waals surface area contributed by atoms with Gasteiger partial charge in [0.05, 0.1) is 17.1 Å². The number of benzene rings is 1. The average molecular weight is 492 g/mol. The Hall–Kier alpha value is -1.54. The second-order valence-corrected chi connectivity index (χ2v) is 13.1. The van der Waals surface area contributed by atoms with Crippen LogP contribution < -0.4 is 5.73 Å². The summed E-state index contributed by atoms with van der Waals surface area (Å²) < 4.78 is 7.60. The molecule has 2 saturated heterocycles. The molecule has 0 radical (unpaired) electrons. The van der Waals surface area contributed by atoms with Gasteiger partial charge < -0.3 is 20.7 Å². The number of rotatable bonds is 3. The largest absolute Gasteiger partial charge is 0.508 e. The van der Waals surface area contributed by atoms with Gasteiger partial charge in [0.25, 0.3) is 0 Å². The minimum Gasteiger partial charge on any atom is -0.508 e. The molecular formula is C32H45NO3. The lowest BCUT2D eigenvalue weighted by atomic mass is 9.46. The molecule has 2 aliphatic heterocycles.